The summed E-state index contributed by atoms with van der Waals surface area (Å²) in [6.07, 6.45) is 3.03. The number of aliphatic carboxylic acids is 1. The van der Waals surface area contributed by atoms with E-state index < -0.39 is 17.5 Å². The molecular weight excluding hydrogens is 444 g/mol. The van der Waals surface area contributed by atoms with Crippen LogP contribution in [0, 0.1) is 11.3 Å². The SMILES string of the molecule is CCCC(CC(=O)NC1CC2CC2(C(=O)O)C1)NC(=O)OCC1c2ccccc2-c2ccccc21. The maximum absolute atomic E-state index is 12.7. The summed E-state index contributed by atoms with van der Waals surface area (Å²) in [6.45, 7) is 2.23. The van der Waals surface area contributed by atoms with Crippen molar-refractivity contribution in [3.63, 3.8) is 0 Å². The van der Waals surface area contributed by atoms with Gasteiger partial charge in [0.25, 0.3) is 0 Å². The molecule has 0 aromatic heterocycles. The van der Waals surface area contributed by atoms with Gasteiger partial charge >= 0.3 is 12.1 Å². The first-order valence-corrected chi connectivity index (χ1v) is 12.6. The third-order valence-corrected chi connectivity index (χ3v) is 7.94. The van der Waals surface area contributed by atoms with Gasteiger partial charge in [0.15, 0.2) is 0 Å². The molecule has 35 heavy (non-hydrogen) atoms. The van der Waals surface area contributed by atoms with Crippen LogP contribution in [0.4, 0.5) is 4.79 Å². The zero-order chi connectivity index (χ0) is 24.6. The number of rotatable bonds is 9. The largest absolute Gasteiger partial charge is 0.481 e. The summed E-state index contributed by atoms with van der Waals surface area (Å²) in [5.74, 6) is -0.749. The van der Waals surface area contributed by atoms with Crippen LogP contribution < -0.4 is 10.6 Å². The van der Waals surface area contributed by atoms with Crippen LogP contribution in [-0.2, 0) is 14.3 Å². The lowest BCUT2D eigenvalue weighted by atomic mass is 9.98. The molecule has 0 heterocycles. The maximum atomic E-state index is 12.7. The van der Waals surface area contributed by atoms with Crippen molar-refractivity contribution >= 4 is 18.0 Å². The van der Waals surface area contributed by atoms with E-state index in [1.54, 1.807) is 0 Å². The van der Waals surface area contributed by atoms with Crippen molar-refractivity contribution in [1.82, 2.24) is 10.6 Å². The van der Waals surface area contributed by atoms with E-state index in [4.69, 9.17) is 4.74 Å². The molecule has 7 nitrogen and oxygen atoms in total. The molecule has 3 N–H and O–H groups in total. The number of fused-ring (bicyclic) bond motifs is 4. The van der Waals surface area contributed by atoms with E-state index in [1.165, 1.54) is 11.1 Å². The molecule has 0 spiro atoms. The number of alkyl carbamates (subject to hydrolysis) is 1. The Morgan fingerprint density at radius 2 is 1.71 bits per heavy atom. The van der Waals surface area contributed by atoms with Gasteiger partial charge in [-0.1, -0.05) is 61.9 Å². The lowest BCUT2D eigenvalue weighted by Crippen LogP contribution is -2.42. The predicted octanol–water partition coefficient (Wildman–Crippen LogP) is 4.45. The smallest absolute Gasteiger partial charge is 0.407 e. The van der Waals surface area contributed by atoms with Gasteiger partial charge in [-0.2, -0.15) is 0 Å². The van der Waals surface area contributed by atoms with Gasteiger partial charge in [-0.05, 0) is 53.9 Å². The van der Waals surface area contributed by atoms with Crippen molar-refractivity contribution in [2.45, 2.75) is 63.5 Å². The van der Waals surface area contributed by atoms with E-state index in [9.17, 15) is 19.5 Å². The molecule has 2 saturated carbocycles. The van der Waals surface area contributed by atoms with Gasteiger partial charge in [-0.3, -0.25) is 9.59 Å². The molecule has 0 aliphatic heterocycles. The summed E-state index contributed by atoms with van der Waals surface area (Å²) in [5, 5.41) is 15.3. The average molecular weight is 477 g/mol. The minimum atomic E-state index is -0.750. The van der Waals surface area contributed by atoms with E-state index in [2.05, 4.69) is 34.9 Å². The Hall–Kier alpha value is -3.35. The van der Waals surface area contributed by atoms with Crippen LogP contribution in [0.5, 0.6) is 0 Å². The normalized spacial score (nSPS) is 24.6. The second-order valence-corrected chi connectivity index (χ2v) is 10.2. The lowest BCUT2D eigenvalue weighted by Gasteiger charge is -2.21. The van der Waals surface area contributed by atoms with E-state index in [0.29, 0.717) is 12.8 Å². The molecule has 2 aromatic rings. The molecule has 5 rings (SSSR count). The van der Waals surface area contributed by atoms with Gasteiger partial charge in [0, 0.05) is 24.4 Å². The number of carbonyl (C=O) groups is 3. The summed E-state index contributed by atoms with van der Waals surface area (Å²) in [4.78, 5) is 36.8. The van der Waals surface area contributed by atoms with Crippen molar-refractivity contribution in [1.29, 1.82) is 0 Å². The summed E-state index contributed by atoms with van der Waals surface area (Å²) in [6, 6.07) is 15.9. The lowest BCUT2D eigenvalue weighted by molar-refractivity contribution is -0.143. The number of carboxylic acids is 1. The number of hydrogen-bond donors (Lipinski definition) is 3. The number of benzene rings is 2. The van der Waals surface area contributed by atoms with Gasteiger partial charge in [-0.15, -0.1) is 0 Å². The van der Waals surface area contributed by atoms with E-state index in [1.807, 2.05) is 31.2 Å². The molecule has 3 aliphatic rings. The highest BCUT2D eigenvalue weighted by Crippen LogP contribution is 2.63. The molecule has 2 fully saturated rings. The molecule has 7 heteroatoms. The van der Waals surface area contributed by atoms with Crippen LogP contribution >= 0.6 is 0 Å². The quantitative estimate of drug-likeness (QED) is 0.496. The van der Waals surface area contributed by atoms with Crippen LogP contribution in [0.2, 0.25) is 0 Å². The van der Waals surface area contributed by atoms with Gasteiger partial charge in [0.05, 0.1) is 5.41 Å². The summed E-state index contributed by atoms with van der Waals surface area (Å²) < 4.78 is 5.64. The Labute approximate surface area is 205 Å². The van der Waals surface area contributed by atoms with Gasteiger partial charge in [0.1, 0.15) is 6.61 Å². The Balaban J connectivity index is 1.14. The topological polar surface area (TPSA) is 105 Å². The minimum absolute atomic E-state index is 0.0172. The number of hydrogen-bond acceptors (Lipinski definition) is 4. The third-order valence-electron chi connectivity index (χ3n) is 7.94. The monoisotopic (exact) mass is 476 g/mol. The standard InChI is InChI=1S/C28H32N2O5/c1-2-7-18(13-25(31)29-19-12-17-14-28(17,15-19)26(32)33)30-27(34)35-16-24-22-10-5-3-8-20(22)21-9-4-6-11-23(21)24/h3-6,8-11,17-19,24H,2,7,12-16H2,1H3,(H,29,31)(H,30,34)(H,32,33). The van der Waals surface area contributed by atoms with Crippen LogP contribution in [-0.4, -0.2) is 41.8 Å². The fourth-order valence-corrected chi connectivity index (χ4v) is 6.16. The van der Waals surface area contributed by atoms with E-state index >= 15 is 0 Å². The zero-order valence-electron chi connectivity index (χ0n) is 20.0. The third kappa shape index (κ3) is 4.51. The minimum Gasteiger partial charge on any atom is -0.481 e. The Morgan fingerprint density at radius 3 is 2.31 bits per heavy atom. The van der Waals surface area contributed by atoms with Crippen molar-refractivity contribution in [3.05, 3.63) is 59.7 Å². The molecule has 4 atom stereocenters. The number of nitrogens with one attached hydrogen (secondary N) is 2. The number of amides is 2. The molecule has 4 unspecified atom stereocenters. The molecular formula is C28H32N2O5. The predicted molar refractivity (Wildman–Crippen MR) is 131 cm³/mol. The van der Waals surface area contributed by atoms with E-state index in [0.717, 1.165) is 30.4 Å². The van der Waals surface area contributed by atoms with Gasteiger partial charge in [-0.25, -0.2) is 4.79 Å². The number of carbonyl (C=O) groups excluding carboxylic acids is 2. The second kappa shape index (κ2) is 9.36. The number of carboxylic acid groups (broad SMARTS) is 1. The molecule has 184 valence electrons. The van der Waals surface area contributed by atoms with Crippen LogP contribution in [0.25, 0.3) is 11.1 Å². The summed E-state index contributed by atoms with van der Waals surface area (Å²) in [7, 11) is 0. The highest BCUT2D eigenvalue weighted by Gasteiger charge is 2.65. The van der Waals surface area contributed by atoms with Crippen molar-refractivity contribution < 1.29 is 24.2 Å². The average Bonchev–Trinajstić information content (AvgIpc) is 3.26. The highest BCUT2D eigenvalue weighted by atomic mass is 16.5. The molecule has 0 saturated heterocycles. The van der Waals surface area contributed by atoms with Gasteiger partial charge < -0.3 is 20.5 Å². The Morgan fingerprint density at radius 1 is 1.06 bits per heavy atom. The van der Waals surface area contributed by atoms with Crippen molar-refractivity contribution in [2.24, 2.45) is 11.3 Å². The zero-order valence-corrected chi connectivity index (χ0v) is 20.0. The highest BCUT2D eigenvalue weighted by molar-refractivity contribution is 5.81. The number of ether oxygens (including phenoxy) is 1. The Kier molecular flexibility index (Phi) is 6.26. The second-order valence-electron chi connectivity index (χ2n) is 10.2. The van der Waals surface area contributed by atoms with E-state index in [-0.39, 0.29) is 42.9 Å². The maximum Gasteiger partial charge on any atom is 0.407 e. The van der Waals surface area contributed by atoms with Crippen LogP contribution in [0.3, 0.4) is 0 Å². The molecule has 2 amide bonds. The molecule has 3 aliphatic carbocycles. The van der Waals surface area contributed by atoms with Crippen molar-refractivity contribution in [2.75, 3.05) is 6.61 Å². The van der Waals surface area contributed by atoms with Crippen LogP contribution in [0.15, 0.2) is 48.5 Å². The summed E-state index contributed by atoms with van der Waals surface area (Å²) in [5.41, 5.74) is 4.03. The molecule has 0 bridgehead atoms. The molecule has 2 aromatic carbocycles. The Bertz CT molecular complexity index is 1100. The van der Waals surface area contributed by atoms with Crippen molar-refractivity contribution in [3.8, 4) is 11.1 Å². The molecule has 0 radical (unpaired) electrons. The summed E-state index contributed by atoms with van der Waals surface area (Å²) >= 11 is 0. The fourth-order valence-electron chi connectivity index (χ4n) is 6.16. The first kappa shape index (κ1) is 23.4. The van der Waals surface area contributed by atoms with Gasteiger partial charge in [0.2, 0.25) is 5.91 Å². The fraction of sp³-hybridized carbons (Fsp3) is 0.464. The van der Waals surface area contributed by atoms with Crippen LogP contribution in [0.1, 0.15) is 62.5 Å². The first-order chi connectivity index (χ1) is 16.9. The first-order valence-electron chi connectivity index (χ1n) is 12.6.